The number of aryl methyl sites for hydroxylation is 2. The molecule has 282 valence electrons. The van der Waals surface area contributed by atoms with Crippen LogP contribution in [0.15, 0.2) is 170 Å². The van der Waals surface area contributed by atoms with Gasteiger partial charge in [0.15, 0.2) is 17.2 Å². The van der Waals surface area contributed by atoms with Crippen molar-refractivity contribution in [3.8, 4) is 78.6 Å². The summed E-state index contributed by atoms with van der Waals surface area (Å²) in [5, 5.41) is 0. The molecule has 0 aliphatic carbocycles. The lowest BCUT2D eigenvalue weighted by Crippen LogP contribution is -2.78. The maximum absolute atomic E-state index is 7.97. The molecule has 1 unspecified atom stereocenters. The number of hydrogen-bond acceptors (Lipinski definition) is 1. The standard InChI is InChI=1S/C55H43N3O/c1-34-18-21-37(22-19-34)39-28-29-56-49(33-39)46-32-40(36-12-7-6-8-13-36)31-45-42-15-11-16-48-52(42)58-53(43-14-9-10-17-50(43)59-55(56,58)51(45)46)57(48)47-27-20-35(2)30-44(47)38-23-25-41(26-24-38)54(3,4)5/h6-33H,1-5H3/q+2/i1D3. The van der Waals surface area contributed by atoms with Crippen molar-refractivity contribution in [2.75, 3.05) is 0 Å². The van der Waals surface area contributed by atoms with E-state index in [4.69, 9.17) is 8.85 Å². The van der Waals surface area contributed by atoms with E-state index in [1.165, 1.54) is 11.1 Å². The van der Waals surface area contributed by atoms with E-state index in [1.807, 2.05) is 12.1 Å². The Balaban J connectivity index is 1.19. The van der Waals surface area contributed by atoms with Crippen molar-refractivity contribution in [2.45, 2.75) is 45.8 Å². The molecule has 12 rings (SSSR count). The molecule has 2 aromatic heterocycles. The molecule has 4 heteroatoms. The summed E-state index contributed by atoms with van der Waals surface area (Å²) >= 11 is 0. The molecule has 7 aromatic carbocycles. The van der Waals surface area contributed by atoms with Gasteiger partial charge in [-0.2, -0.15) is 4.57 Å². The topological polar surface area (TPSA) is 21.9 Å². The summed E-state index contributed by atoms with van der Waals surface area (Å²) in [7, 11) is 0. The van der Waals surface area contributed by atoms with Crippen LogP contribution >= 0.6 is 0 Å². The fourth-order valence-corrected chi connectivity index (χ4v) is 9.89. The third kappa shape index (κ3) is 4.71. The van der Waals surface area contributed by atoms with Gasteiger partial charge in [0.25, 0.3) is 0 Å². The Hall–Kier alpha value is -7.04. The Morgan fingerprint density at radius 3 is 2.08 bits per heavy atom. The van der Waals surface area contributed by atoms with Gasteiger partial charge in [-0.15, -0.1) is 9.13 Å². The zero-order valence-electron chi connectivity index (χ0n) is 36.4. The number of ether oxygens (including phenoxy) is 1. The van der Waals surface area contributed by atoms with Crippen LogP contribution in [0.4, 0.5) is 0 Å². The lowest BCUT2D eigenvalue weighted by atomic mass is 9.85. The van der Waals surface area contributed by atoms with E-state index in [0.29, 0.717) is 5.56 Å². The molecule has 5 heterocycles. The number of aromatic nitrogens is 3. The lowest BCUT2D eigenvalue weighted by molar-refractivity contribution is -0.997. The first-order valence-corrected chi connectivity index (χ1v) is 20.4. The second-order valence-corrected chi connectivity index (χ2v) is 17.3. The number of imidazole rings is 1. The van der Waals surface area contributed by atoms with Crippen LogP contribution in [0.1, 0.15) is 47.1 Å². The number of pyridine rings is 1. The summed E-state index contributed by atoms with van der Waals surface area (Å²) in [5.74, 6) is 0.732. The Morgan fingerprint density at radius 2 is 1.29 bits per heavy atom. The van der Waals surface area contributed by atoms with Crippen LogP contribution in [0.25, 0.3) is 83.9 Å². The zero-order chi connectivity index (χ0) is 42.3. The molecule has 1 atom stereocenters. The summed E-state index contributed by atoms with van der Waals surface area (Å²) in [4.78, 5) is 0. The van der Waals surface area contributed by atoms with Crippen molar-refractivity contribution < 1.29 is 18.0 Å². The molecule has 0 N–H and O–H groups in total. The first-order chi connectivity index (χ1) is 29.9. The van der Waals surface area contributed by atoms with Crippen LogP contribution in [0.3, 0.4) is 0 Å². The monoisotopic (exact) mass is 764 g/mol. The molecule has 0 radical (unpaired) electrons. The average Bonchev–Trinajstić information content (AvgIpc) is 3.77. The molecule has 1 spiro atoms. The molecule has 4 nitrogen and oxygen atoms in total. The third-order valence-electron chi connectivity index (χ3n) is 12.7. The SMILES string of the molecule is [2H]C([2H])([2H])c1ccc(-c2cc[n+]3c(c2)-c2cc(-c4ccccc4)cc4c2C32Oc3ccccc3-c3n(-c5ccc(C)cc5-c5ccc(C(C)(C)C)cc5)c5cccc-4c5[n+]32)cc1. The van der Waals surface area contributed by atoms with E-state index >= 15 is 0 Å². The van der Waals surface area contributed by atoms with Crippen molar-refractivity contribution in [1.82, 2.24) is 4.57 Å². The van der Waals surface area contributed by atoms with Gasteiger partial charge in [-0.1, -0.05) is 135 Å². The predicted octanol–water partition coefficient (Wildman–Crippen LogP) is 12.3. The van der Waals surface area contributed by atoms with Crippen molar-refractivity contribution in [2.24, 2.45) is 0 Å². The van der Waals surface area contributed by atoms with Crippen LogP contribution in [0, 0.1) is 13.8 Å². The summed E-state index contributed by atoms with van der Waals surface area (Å²) in [6.45, 7) is 6.78. The largest absolute Gasteiger partial charge is 0.499 e. The van der Waals surface area contributed by atoms with E-state index in [9.17, 15) is 0 Å². The first kappa shape index (κ1) is 31.0. The first-order valence-electron chi connectivity index (χ1n) is 21.9. The quantitative estimate of drug-likeness (QED) is 0.164. The fourth-order valence-electron chi connectivity index (χ4n) is 9.89. The molecule has 0 saturated heterocycles. The second kappa shape index (κ2) is 12.0. The molecular weight excluding hydrogens is 719 g/mol. The van der Waals surface area contributed by atoms with Crippen LogP contribution < -0.4 is 13.9 Å². The smallest absolute Gasteiger partial charge is 0.392 e. The van der Waals surface area contributed by atoms with Crippen LogP contribution in [-0.4, -0.2) is 4.57 Å². The third-order valence-corrected chi connectivity index (χ3v) is 12.7. The minimum Gasteiger partial charge on any atom is -0.392 e. The summed E-state index contributed by atoms with van der Waals surface area (Å²) in [6.07, 6.45) is 2.16. The average molecular weight is 765 g/mol. The number of nitrogens with zero attached hydrogens (tertiary/aromatic N) is 3. The molecule has 0 amide bonds. The normalized spacial score (nSPS) is 16.4. The second-order valence-electron chi connectivity index (χ2n) is 17.3. The van der Waals surface area contributed by atoms with Crippen molar-refractivity contribution in [3.05, 3.63) is 192 Å². The van der Waals surface area contributed by atoms with Gasteiger partial charge >= 0.3 is 11.7 Å². The minimum atomic E-state index is -2.17. The molecule has 3 aliphatic rings. The predicted molar refractivity (Wildman–Crippen MR) is 238 cm³/mol. The van der Waals surface area contributed by atoms with Crippen molar-refractivity contribution in [3.63, 3.8) is 0 Å². The molecule has 0 fully saturated rings. The molecule has 0 saturated carbocycles. The Bertz CT molecular complexity index is 3340. The highest BCUT2D eigenvalue weighted by Gasteiger charge is 2.68. The number of hydrogen-bond donors (Lipinski definition) is 0. The molecule has 3 aliphatic heterocycles. The Labute approximate surface area is 349 Å². The summed E-state index contributed by atoms with van der Waals surface area (Å²) in [6, 6.07) is 58.0. The zero-order valence-corrected chi connectivity index (χ0v) is 33.4. The van der Waals surface area contributed by atoms with E-state index in [0.717, 1.165) is 95.2 Å². The van der Waals surface area contributed by atoms with Gasteiger partial charge in [0.2, 0.25) is 5.69 Å². The maximum Gasteiger partial charge on any atom is 0.499 e. The summed E-state index contributed by atoms with van der Waals surface area (Å²) < 4.78 is 38.8. The van der Waals surface area contributed by atoms with Crippen LogP contribution in [0.2, 0.25) is 0 Å². The highest BCUT2D eigenvalue weighted by atomic mass is 16.5. The molecular formula is C55H43N3O+2. The van der Waals surface area contributed by atoms with Gasteiger partial charge in [0.1, 0.15) is 22.6 Å². The van der Waals surface area contributed by atoms with Gasteiger partial charge in [-0.3, -0.25) is 0 Å². The highest BCUT2D eigenvalue weighted by molar-refractivity contribution is 5.99. The van der Waals surface area contributed by atoms with Crippen molar-refractivity contribution >= 4 is 11.0 Å². The lowest BCUT2D eigenvalue weighted by Gasteiger charge is -2.32. The van der Waals surface area contributed by atoms with Crippen molar-refractivity contribution in [1.29, 1.82) is 0 Å². The minimum absolute atomic E-state index is 0.0402. The van der Waals surface area contributed by atoms with E-state index < -0.39 is 12.7 Å². The maximum atomic E-state index is 7.97. The van der Waals surface area contributed by atoms with Gasteiger partial charge < -0.3 is 4.74 Å². The molecule has 0 bridgehead atoms. The Morgan fingerprint density at radius 1 is 0.576 bits per heavy atom. The fraction of sp³-hybridized carbons (Fsp3) is 0.127. The van der Waals surface area contributed by atoms with Gasteiger partial charge in [0, 0.05) is 32.9 Å². The van der Waals surface area contributed by atoms with E-state index in [2.05, 4.69) is 187 Å². The highest BCUT2D eigenvalue weighted by Crippen LogP contribution is 2.54. The van der Waals surface area contributed by atoms with Gasteiger partial charge in [-0.05, 0) is 101 Å². The van der Waals surface area contributed by atoms with Crippen LogP contribution in [0.5, 0.6) is 5.75 Å². The number of rotatable bonds is 4. The summed E-state index contributed by atoms with van der Waals surface area (Å²) in [5.41, 5.74) is 19.1. The molecule has 59 heavy (non-hydrogen) atoms. The Kier molecular flexibility index (Phi) is 6.31. The van der Waals surface area contributed by atoms with Gasteiger partial charge in [-0.25, -0.2) is 0 Å². The van der Waals surface area contributed by atoms with E-state index in [-0.39, 0.29) is 5.41 Å². The number of fused-ring (bicyclic) bond motifs is 5. The van der Waals surface area contributed by atoms with Gasteiger partial charge in [0.05, 0.1) is 5.56 Å². The van der Waals surface area contributed by atoms with E-state index in [1.54, 1.807) is 12.1 Å². The number of benzene rings is 7. The molecule has 9 aromatic rings. The van der Waals surface area contributed by atoms with Crippen LogP contribution in [-0.2, 0) is 11.3 Å². The number of para-hydroxylation sites is 2.